The van der Waals surface area contributed by atoms with Crippen LogP contribution < -0.4 is 5.73 Å². The number of aliphatic hydroxyl groups excluding tert-OH is 1. The molecule has 0 amide bonds. The number of benzene rings is 1. The summed E-state index contributed by atoms with van der Waals surface area (Å²) in [6, 6.07) is 7.71. The second-order valence-corrected chi connectivity index (χ2v) is 4.35. The lowest BCUT2D eigenvalue weighted by Gasteiger charge is -2.18. The van der Waals surface area contributed by atoms with Crippen molar-refractivity contribution in [2.75, 3.05) is 0 Å². The van der Waals surface area contributed by atoms with E-state index in [2.05, 4.69) is 0 Å². The topological polar surface area (TPSA) is 59.4 Å². The van der Waals surface area contributed by atoms with Gasteiger partial charge in [-0.2, -0.15) is 0 Å². The number of nitrogens with two attached hydrogens (primary N) is 1. The normalized spacial score (nSPS) is 12.3. The highest BCUT2D eigenvalue weighted by Gasteiger charge is 2.15. The van der Waals surface area contributed by atoms with E-state index in [0.29, 0.717) is 5.76 Å². The van der Waals surface area contributed by atoms with Gasteiger partial charge in [-0.05, 0) is 31.5 Å². The van der Waals surface area contributed by atoms with Crippen molar-refractivity contribution in [2.24, 2.45) is 5.73 Å². The minimum Gasteiger partial charge on any atom is -0.459 e. The first-order valence-electron chi connectivity index (χ1n) is 4.93. The van der Waals surface area contributed by atoms with Gasteiger partial charge in [0.15, 0.2) is 0 Å². The van der Waals surface area contributed by atoms with Crippen LogP contribution in [0.2, 0.25) is 0 Å². The third-order valence-electron chi connectivity index (χ3n) is 2.47. The summed E-state index contributed by atoms with van der Waals surface area (Å²) in [5.41, 5.74) is 7.42. The fourth-order valence-corrected chi connectivity index (χ4v) is 1.56. The molecular formula is C12H15NO2. The Bertz CT molecular complexity index is 480. The molecule has 0 saturated carbocycles. The molecule has 0 radical (unpaired) electrons. The van der Waals surface area contributed by atoms with E-state index in [4.69, 9.17) is 15.3 Å². The zero-order chi connectivity index (χ0) is 11.1. The molecule has 2 aromatic rings. The van der Waals surface area contributed by atoms with Gasteiger partial charge in [0, 0.05) is 10.9 Å². The average molecular weight is 205 g/mol. The molecule has 1 heterocycles. The van der Waals surface area contributed by atoms with Crippen molar-refractivity contribution in [3.05, 3.63) is 35.6 Å². The van der Waals surface area contributed by atoms with Gasteiger partial charge in [-0.3, -0.25) is 0 Å². The van der Waals surface area contributed by atoms with Crippen molar-refractivity contribution < 1.29 is 9.52 Å². The Morgan fingerprint density at radius 2 is 2.07 bits per heavy atom. The quantitative estimate of drug-likeness (QED) is 0.789. The van der Waals surface area contributed by atoms with Crippen LogP contribution in [0.5, 0.6) is 0 Å². The lowest BCUT2D eigenvalue weighted by molar-refractivity contribution is 0.251. The molecule has 0 aliphatic heterocycles. The fraction of sp³-hybridized carbons (Fsp3) is 0.333. The summed E-state index contributed by atoms with van der Waals surface area (Å²) >= 11 is 0. The van der Waals surface area contributed by atoms with E-state index in [1.807, 2.05) is 38.1 Å². The molecule has 3 heteroatoms. The van der Waals surface area contributed by atoms with Gasteiger partial charge in [0.1, 0.15) is 18.0 Å². The molecule has 3 N–H and O–H groups in total. The van der Waals surface area contributed by atoms with Gasteiger partial charge in [0.05, 0.1) is 0 Å². The molecule has 0 fully saturated rings. The Hall–Kier alpha value is -1.32. The summed E-state index contributed by atoms with van der Waals surface area (Å²) in [6.45, 7) is 3.82. The van der Waals surface area contributed by atoms with Crippen LogP contribution in [0.15, 0.2) is 28.7 Å². The van der Waals surface area contributed by atoms with Gasteiger partial charge in [-0.25, -0.2) is 0 Å². The van der Waals surface area contributed by atoms with E-state index in [1.54, 1.807) is 0 Å². The van der Waals surface area contributed by atoms with Crippen LogP contribution in [-0.2, 0) is 12.1 Å². The van der Waals surface area contributed by atoms with Gasteiger partial charge >= 0.3 is 0 Å². The largest absolute Gasteiger partial charge is 0.459 e. The van der Waals surface area contributed by atoms with Crippen molar-refractivity contribution in [1.29, 1.82) is 0 Å². The van der Waals surface area contributed by atoms with Crippen molar-refractivity contribution in [2.45, 2.75) is 26.0 Å². The Morgan fingerprint density at radius 1 is 1.33 bits per heavy atom. The SMILES string of the molecule is CC(C)(N)c1ccc2cc(CO)oc2c1. The van der Waals surface area contributed by atoms with Crippen molar-refractivity contribution in [3.8, 4) is 0 Å². The molecule has 0 saturated heterocycles. The van der Waals surface area contributed by atoms with E-state index in [9.17, 15) is 0 Å². The standard InChI is InChI=1S/C12H15NO2/c1-12(2,13)9-4-3-8-5-10(7-14)15-11(8)6-9/h3-6,14H,7,13H2,1-2H3. The maximum absolute atomic E-state index is 8.95. The van der Waals surface area contributed by atoms with E-state index in [-0.39, 0.29) is 12.1 Å². The highest BCUT2D eigenvalue weighted by Crippen LogP contribution is 2.25. The molecule has 1 aromatic carbocycles. The average Bonchev–Trinajstić information content (AvgIpc) is 2.57. The first-order valence-corrected chi connectivity index (χ1v) is 4.93. The van der Waals surface area contributed by atoms with Crippen LogP contribution >= 0.6 is 0 Å². The summed E-state index contributed by atoms with van der Waals surface area (Å²) in [6.07, 6.45) is 0. The predicted molar refractivity (Wildman–Crippen MR) is 59.4 cm³/mol. The summed E-state index contributed by atoms with van der Waals surface area (Å²) in [5, 5.41) is 9.94. The van der Waals surface area contributed by atoms with E-state index >= 15 is 0 Å². The smallest absolute Gasteiger partial charge is 0.134 e. The minimum absolute atomic E-state index is 0.0734. The molecule has 1 aromatic heterocycles. The van der Waals surface area contributed by atoms with Crippen LogP contribution in [0.4, 0.5) is 0 Å². The number of hydrogen-bond donors (Lipinski definition) is 2. The van der Waals surface area contributed by atoms with Crippen LogP contribution in [0.1, 0.15) is 25.2 Å². The summed E-state index contributed by atoms with van der Waals surface area (Å²) in [5.74, 6) is 0.581. The Labute approximate surface area is 88.5 Å². The van der Waals surface area contributed by atoms with Gasteiger partial charge < -0.3 is 15.3 Å². The first kappa shape index (κ1) is 10.2. The number of furan rings is 1. The van der Waals surface area contributed by atoms with Gasteiger partial charge in [-0.15, -0.1) is 0 Å². The number of aliphatic hydroxyl groups is 1. The highest BCUT2D eigenvalue weighted by molar-refractivity contribution is 5.78. The predicted octanol–water partition coefficient (Wildman–Crippen LogP) is 2.12. The number of hydrogen-bond acceptors (Lipinski definition) is 3. The Morgan fingerprint density at radius 3 is 2.67 bits per heavy atom. The van der Waals surface area contributed by atoms with E-state index in [0.717, 1.165) is 16.5 Å². The minimum atomic E-state index is -0.375. The van der Waals surface area contributed by atoms with Crippen molar-refractivity contribution in [3.63, 3.8) is 0 Å². The molecule has 0 atom stereocenters. The van der Waals surface area contributed by atoms with Crippen molar-refractivity contribution in [1.82, 2.24) is 0 Å². The van der Waals surface area contributed by atoms with Crippen molar-refractivity contribution >= 4 is 11.0 Å². The molecule has 0 bridgehead atoms. The molecule has 0 aliphatic rings. The zero-order valence-corrected chi connectivity index (χ0v) is 8.95. The zero-order valence-electron chi connectivity index (χ0n) is 8.95. The monoisotopic (exact) mass is 205 g/mol. The third-order valence-corrected chi connectivity index (χ3v) is 2.47. The van der Waals surface area contributed by atoms with Crippen LogP contribution in [0, 0.1) is 0 Å². The van der Waals surface area contributed by atoms with Gasteiger partial charge in [0.25, 0.3) is 0 Å². The fourth-order valence-electron chi connectivity index (χ4n) is 1.56. The Balaban J connectivity index is 2.55. The molecule has 15 heavy (non-hydrogen) atoms. The maximum atomic E-state index is 8.95. The second-order valence-electron chi connectivity index (χ2n) is 4.35. The van der Waals surface area contributed by atoms with E-state index < -0.39 is 0 Å². The molecule has 0 unspecified atom stereocenters. The van der Waals surface area contributed by atoms with Gasteiger partial charge in [-0.1, -0.05) is 12.1 Å². The summed E-state index contributed by atoms with van der Waals surface area (Å²) < 4.78 is 5.45. The van der Waals surface area contributed by atoms with Crippen LogP contribution in [0.3, 0.4) is 0 Å². The summed E-state index contributed by atoms with van der Waals surface area (Å²) in [7, 11) is 0. The second kappa shape index (κ2) is 3.36. The van der Waals surface area contributed by atoms with Crippen LogP contribution in [-0.4, -0.2) is 5.11 Å². The molecule has 0 aliphatic carbocycles. The lowest BCUT2D eigenvalue weighted by Crippen LogP contribution is -2.28. The molecule has 0 spiro atoms. The third kappa shape index (κ3) is 1.89. The molecule has 3 nitrogen and oxygen atoms in total. The number of rotatable bonds is 2. The molecular weight excluding hydrogens is 190 g/mol. The van der Waals surface area contributed by atoms with Crippen LogP contribution in [0.25, 0.3) is 11.0 Å². The van der Waals surface area contributed by atoms with E-state index in [1.165, 1.54) is 0 Å². The molecule has 80 valence electrons. The lowest BCUT2D eigenvalue weighted by atomic mass is 9.95. The van der Waals surface area contributed by atoms with Gasteiger partial charge in [0.2, 0.25) is 0 Å². The first-order chi connectivity index (χ1) is 7.00. The number of fused-ring (bicyclic) bond motifs is 1. The summed E-state index contributed by atoms with van der Waals surface area (Å²) in [4.78, 5) is 0. The molecule has 2 rings (SSSR count). The Kier molecular flexibility index (Phi) is 2.29. The highest BCUT2D eigenvalue weighted by atomic mass is 16.4. The maximum Gasteiger partial charge on any atom is 0.134 e.